The average molecular weight is 230 g/mol. The van der Waals surface area contributed by atoms with Gasteiger partial charge in [-0.2, -0.15) is 0 Å². The zero-order chi connectivity index (χ0) is 12.3. The van der Waals surface area contributed by atoms with Crippen LogP contribution in [0.25, 0.3) is 0 Å². The van der Waals surface area contributed by atoms with Crippen molar-refractivity contribution >= 4 is 5.69 Å². The molecule has 0 radical (unpaired) electrons. The van der Waals surface area contributed by atoms with Crippen molar-refractivity contribution in [3.63, 3.8) is 0 Å². The summed E-state index contributed by atoms with van der Waals surface area (Å²) in [5, 5.41) is 0. The van der Waals surface area contributed by atoms with Gasteiger partial charge < -0.3 is 15.1 Å². The molecule has 90 valence electrons. The van der Waals surface area contributed by atoms with E-state index in [1.807, 2.05) is 19.1 Å². The van der Waals surface area contributed by atoms with Gasteiger partial charge in [-0.25, -0.2) is 0 Å². The van der Waals surface area contributed by atoms with Crippen molar-refractivity contribution < 1.29 is 4.42 Å². The molecular weight excluding hydrogens is 212 g/mol. The molecule has 2 N–H and O–H groups in total. The summed E-state index contributed by atoms with van der Waals surface area (Å²) < 4.78 is 5.56. The molecule has 17 heavy (non-hydrogen) atoms. The van der Waals surface area contributed by atoms with Crippen molar-refractivity contribution in [2.75, 3.05) is 11.9 Å². The van der Waals surface area contributed by atoms with Gasteiger partial charge in [-0.3, -0.25) is 0 Å². The Kier molecular flexibility index (Phi) is 3.49. The lowest BCUT2D eigenvalue weighted by Crippen LogP contribution is -2.15. The summed E-state index contributed by atoms with van der Waals surface area (Å²) in [4.78, 5) is 2.15. The summed E-state index contributed by atoms with van der Waals surface area (Å²) in [5.74, 6) is 1.93. The van der Waals surface area contributed by atoms with Crippen molar-refractivity contribution in [3.05, 3.63) is 53.5 Å². The van der Waals surface area contributed by atoms with Crippen LogP contribution < -0.4 is 10.6 Å². The minimum absolute atomic E-state index is 0.585. The predicted molar refractivity (Wildman–Crippen MR) is 69.9 cm³/mol. The minimum Gasteiger partial charge on any atom is -0.464 e. The Balaban J connectivity index is 2.06. The van der Waals surface area contributed by atoms with Gasteiger partial charge in [0.2, 0.25) is 0 Å². The standard InChI is InChI=1S/C14H18N2O/c1-11-3-8-14(17-11)10-16(2)13-6-4-12(9-15)5-7-13/h3-8H,9-10,15H2,1-2H3. The van der Waals surface area contributed by atoms with Gasteiger partial charge in [-0.15, -0.1) is 0 Å². The molecule has 0 saturated heterocycles. The third-order valence-electron chi connectivity index (χ3n) is 2.80. The van der Waals surface area contributed by atoms with Crippen molar-refractivity contribution in [2.24, 2.45) is 5.73 Å². The fourth-order valence-corrected chi connectivity index (χ4v) is 1.78. The lowest BCUT2D eigenvalue weighted by molar-refractivity contribution is 0.482. The molecule has 0 aliphatic rings. The Morgan fingerprint density at radius 3 is 2.35 bits per heavy atom. The molecule has 1 aromatic heterocycles. The number of anilines is 1. The first-order valence-electron chi connectivity index (χ1n) is 5.74. The van der Waals surface area contributed by atoms with Crippen LogP contribution in [0.2, 0.25) is 0 Å². The van der Waals surface area contributed by atoms with Gasteiger partial charge in [-0.05, 0) is 36.8 Å². The van der Waals surface area contributed by atoms with Gasteiger partial charge in [0.1, 0.15) is 11.5 Å². The minimum atomic E-state index is 0.585. The lowest BCUT2D eigenvalue weighted by Gasteiger charge is -2.18. The normalized spacial score (nSPS) is 10.5. The molecule has 0 spiro atoms. The highest BCUT2D eigenvalue weighted by Crippen LogP contribution is 2.17. The van der Waals surface area contributed by atoms with Crippen LogP contribution in [0.15, 0.2) is 40.8 Å². The quantitative estimate of drug-likeness (QED) is 0.878. The largest absolute Gasteiger partial charge is 0.464 e. The monoisotopic (exact) mass is 230 g/mol. The highest BCUT2D eigenvalue weighted by atomic mass is 16.3. The Bertz CT molecular complexity index is 473. The zero-order valence-corrected chi connectivity index (χ0v) is 10.3. The van der Waals surface area contributed by atoms with E-state index < -0.39 is 0 Å². The van der Waals surface area contributed by atoms with Crippen LogP contribution >= 0.6 is 0 Å². The van der Waals surface area contributed by atoms with Gasteiger partial charge in [0, 0.05) is 19.3 Å². The molecule has 0 bridgehead atoms. The van der Waals surface area contributed by atoms with Gasteiger partial charge in [0.25, 0.3) is 0 Å². The molecule has 2 aromatic rings. The van der Waals surface area contributed by atoms with E-state index in [4.69, 9.17) is 10.2 Å². The van der Waals surface area contributed by atoms with Crippen molar-refractivity contribution in [1.82, 2.24) is 0 Å². The second kappa shape index (κ2) is 5.06. The van der Waals surface area contributed by atoms with Crippen LogP contribution in [-0.2, 0) is 13.1 Å². The summed E-state index contributed by atoms with van der Waals surface area (Å²) in [7, 11) is 2.05. The maximum Gasteiger partial charge on any atom is 0.123 e. The molecule has 2 rings (SSSR count). The molecule has 1 heterocycles. The van der Waals surface area contributed by atoms with E-state index in [9.17, 15) is 0 Å². The molecule has 0 amide bonds. The van der Waals surface area contributed by atoms with Crippen LogP contribution in [0, 0.1) is 6.92 Å². The number of hydrogen-bond acceptors (Lipinski definition) is 3. The predicted octanol–water partition coefficient (Wildman–Crippen LogP) is 2.68. The number of hydrogen-bond donors (Lipinski definition) is 1. The van der Waals surface area contributed by atoms with E-state index in [0.29, 0.717) is 6.54 Å². The van der Waals surface area contributed by atoms with E-state index >= 15 is 0 Å². The van der Waals surface area contributed by atoms with Crippen LogP contribution in [0.3, 0.4) is 0 Å². The summed E-state index contributed by atoms with van der Waals surface area (Å²) >= 11 is 0. The molecule has 0 saturated carbocycles. The van der Waals surface area contributed by atoms with Gasteiger partial charge in [0.05, 0.1) is 6.54 Å². The molecule has 0 unspecified atom stereocenters. The number of nitrogens with zero attached hydrogens (tertiary/aromatic N) is 1. The van der Waals surface area contributed by atoms with E-state index in [-0.39, 0.29) is 0 Å². The van der Waals surface area contributed by atoms with Crippen molar-refractivity contribution in [1.29, 1.82) is 0 Å². The molecule has 1 aromatic carbocycles. The highest BCUT2D eigenvalue weighted by molar-refractivity contribution is 5.47. The SMILES string of the molecule is Cc1ccc(CN(C)c2ccc(CN)cc2)o1. The van der Waals surface area contributed by atoms with Gasteiger partial charge in [-0.1, -0.05) is 12.1 Å². The molecule has 0 atom stereocenters. The topological polar surface area (TPSA) is 42.4 Å². The first kappa shape index (κ1) is 11.7. The first-order chi connectivity index (χ1) is 8.19. The van der Waals surface area contributed by atoms with E-state index in [0.717, 1.165) is 29.3 Å². The second-order valence-electron chi connectivity index (χ2n) is 4.24. The van der Waals surface area contributed by atoms with E-state index in [2.05, 4.69) is 36.2 Å². The molecule has 3 nitrogen and oxygen atoms in total. The Labute approximate surface area is 102 Å². The first-order valence-corrected chi connectivity index (χ1v) is 5.74. The Morgan fingerprint density at radius 2 is 1.82 bits per heavy atom. The van der Waals surface area contributed by atoms with E-state index in [1.54, 1.807) is 0 Å². The molecule has 0 aliphatic heterocycles. The fourth-order valence-electron chi connectivity index (χ4n) is 1.78. The number of furan rings is 1. The smallest absolute Gasteiger partial charge is 0.123 e. The van der Waals surface area contributed by atoms with Crippen LogP contribution in [0.5, 0.6) is 0 Å². The summed E-state index contributed by atoms with van der Waals surface area (Å²) in [6.07, 6.45) is 0. The number of rotatable bonds is 4. The van der Waals surface area contributed by atoms with Crippen LogP contribution in [0.1, 0.15) is 17.1 Å². The summed E-state index contributed by atoms with van der Waals surface area (Å²) in [6, 6.07) is 12.3. The third kappa shape index (κ3) is 2.88. The zero-order valence-electron chi connectivity index (χ0n) is 10.3. The average Bonchev–Trinajstić information content (AvgIpc) is 2.75. The van der Waals surface area contributed by atoms with Crippen molar-refractivity contribution in [2.45, 2.75) is 20.0 Å². The Morgan fingerprint density at radius 1 is 1.12 bits per heavy atom. The summed E-state index contributed by atoms with van der Waals surface area (Å²) in [6.45, 7) is 3.32. The number of aryl methyl sites for hydroxylation is 1. The molecule has 3 heteroatoms. The Hall–Kier alpha value is -1.74. The van der Waals surface area contributed by atoms with Crippen molar-refractivity contribution in [3.8, 4) is 0 Å². The summed E-state index contributed by atoms with van der Waals surface area (Å²) in [5.41, 5.74) is 7.89. The van der Waals surface area contributed by atoms with Gasteiger partial charge in [0.15, 0.2) is 0 Å². The maximum atomic E-state index is 5.57. The maximum absolute atomic E-state index is 5.57. The fraction of sp³-hybridized carbons (Fsp3) is 0.286. The highest BCUT2D eigenvalue weighted by Gasteiger charge is 2.04. The molecule has 0 aliphatic carbocycles. The van der Waals surface area contributed by atoms with Crippen LogP contribution in [0.4, 0.5) is 5.69 Å². The molecular formula is C14H18N2O. The van der Waals surface area contributed by atoms with Gasteiger partial charge >= 0.3 is 0 Å². The van der Waals surface area contributed by atoms with Crippen LogP contribution in [-0.4, -0.2) is 7.05 Å². The third-order valence-corrected chi connectivity index (χ3v) is 2.80. The van der Waals surface area contributed by atoms with E-state index in [1.165, 1.54) is 0 Å². The number of nitrogens with two attached hydrogens (primary N) is 1. The second-order valence-corrected chi connectivity index (χ2v) is 4.24. The number of benzene rings is 1. The molecule has 0 fully saturated rings. The lowest BCUT2D eigenvalue weighted by atomic mass is 10.2.